The first-order valence-electron chi connectivity index (χ1n) is 5.65. The molecule has 0 fully saturated rings. The minimum absolute atomic E-state index is 0.0266. The summed E-state index contributed by atoms with van der Waals surface area (Å²) < 4.78 is 26.9. The van der Waals surface area contributed by atoms with Gasteiger partial charge in [-0.3, -0.25) is 9.82 Å². The van der Waals surface area contributed by atoms with Crippen LogP contribution in [0.2, 0.25) is 10.0 Å². The summed E-state index contributed by atoms with van der Waals surface area (Å²) in [6.45, 7) is 1.92. The van der Waals surface area contributed by atoms with Crippen molar-refractivity contribution in [3.8, 4) is 0 Å². The number of nitrogens with two attached hydrogens (primary N) is 1. The number of nitrogens with zero attached hydrogens (tertiary/aromatic N) is 1. The zero-order chi connectivity index (χ0) is 14.9. The Morgan fingerprint density at radius 3 is 2.60 bits per heavy atom. The number of rotatable bonds is 4. The summed E-state index contributed by atoms with van der Waals surface area (Å²) in [5.74, 6) is 0.173. The van der Waals surface area contributed by atoms with Crippen LogP contribution in [0.3, 0.4) is 0 Å². The first-order chi connectivity index (χ1) is 9.33. The highest BCUT2D eigenvalue weighted by Crippen LogP contribution is 2.32. The Balaban J connectivity index is 2.40. The predicted octanol–water partition coefficient (Wildman–Crippen LogP) is 2.66. The van der Waals surface area contributed by atoms with Gasteiger partial charge in [-0.15, -0.1) is 0 Å². The Morgan fingerprint density at radius 2 is 2.05 bits per heavy atom. The van der Waals surface area contributed by atoms with Crippen LogP contribution in [0.25, 0.3) is 0 Å². The summed E-state index contributed by atoms with van der Waals surface area (Å²) in [6.07, 6.45) is 0.707. The topological polar surface area (TPSA) is 101 Å². The number of aryl methyl sites for hydroxylation is 1. The molecule has 0 atom stereocenters. The highest BCUT2D eigenvalue weighted by molar-refractivity contribution is 7.93. The monoisotopic (exact) mass is 334 g/mol. The van der Waals surface area contributed by atoms with Gasteiger partial charge in [-0.05, 0) is 18.6 Å². The van der Waals surface area contributed by atoms with Gasteiger partial charge in [0, 0.05) is 16.8 Å². The fourth-order valence-electron chi connectivity index (χ4n) is 1.65. The number of anilines is 2. The number of nitrogen functional groups attached to an aromatic ring is 1. The lowest BCUT2D eigenvalue weighted by Crippen LogP contribution is -2.15. The quantitative estimate of drug-likeness (QED) is 0.748. The molecule has 9 heteroatoms. The maximum absolute atomic E-state index is 12.3. The van der Waals surface area contributed by atoms with E-state index in [1.165, 1.54) is 12.1 Å². The molecule has 0 aliphatic carbocycles. The highest BCUT2D eigenvalue weighted by Gasteiger charge is 2.23. The second kappa shape index (κ2) is 5.51. The van der Waals surface area contributed by atoms with E-state index >= 15 is 0 Å². The minimum Gasteiger partial charge on any atom is -0.398 e. The number of sulfonamides is 1. The van der Waals surface area contributed by atoms with E-state index in [-0.39, 0.29) is 26.4 Å². The van der Waals surface area contributed by atoms with E-state index in [1.807, 2.05) is 6.92 Å². The summed E-state index contributed by atoms with van der Waals surface area (Å²) >= 11 is 11.7. The van der Waals surface area contributed by atoms with Gasteiger partial charge in [0.15, 0.2) is 5.82 Å². The number of aromatic amines is 1. The third-order valence-corrected chi connectivity index (χ3v) is 4.66. The molecule has 0 bridgehead atoms. The first kappa shape index (κ1) is 15.0. The molecule has 0 unspecified atom stereocenters. The fourth-order valence-corrected chi connectivity index (χ4v) is 3.63. The van der Waals surface area contributed by atoms with Crippen molar-refractivity contribution in [3.63, 3.8) is 0 Å². The summed E-state index contributed by atoms with van der Waals surface area (Å²) in [5.41, 5.74) is 6.45. The third-order valence-electron chi connectivity index (χ3n) is 2.56. The molecular weight excluding hydrogens is 323 g/mol. The maximum Gasteiger partial charge on any atom is 0.266 e. The van der Waals surface area contributed by atoms with Crippen molar-refractivity contribution in [1.82, 2.24) is 10.2 Å². The van der Waals surface area contributed by atoms with Gasteiger partial charge in [0.2, 0.25) is 0 Å². The van der Waals surface area contributed by atoms with Crippen LogP contribution in [0.15, 0.2) is 23.1 Å². The standard InChI is InChI=1S/C11H12Cl2N4O2S/c1-2-7-5-10(16-15-7)17-20(18,19)11-8(13)3-6(12)4-9(11)14/h3-5H,2,14H2,1H3,(H2,15,16,17). The second-order valence-corrected chi connectivity index (χ2v) is 6.51. The largest absolute Gasteiger partial charge is 0.398 e. The molecule has 6 nitrogen and oxygen atoms in total. The van der Waals surface area contributed by atoms with E-state index in [4.69, 9.17) is 28.9 Å². The van der Waals surface area contributed by atoms with Crippen molar-refractivity contribution in [2.24, 2.45) is 0 Å². The van der Waals surface area contributed by atoms with Gasteiger partial charge in [-0.1, -0.05) is 30.1 Å². The zero-order valence-corrected chi connectivity index (χ0v) is 12.8. The second-order valence-electron chi connectivity index (χ2n) is 4.04. The molecule has 0 amide bonds. The van der Waals surface area contributed by atoms with Gasteiger partial charge in [0.1, 0.15) is 4.90 Å². The van der Waals surface area contributed by atoms with Crippen molar-refractivity contribution in [2.75, 3.05) is 10.5 Å². The number of aromatic nitrogens is 2. The summed E-state index contributed by atoms with van der Waals surface area (Å²) in [7, 11) is -3.93. The molecule has 0 saturated heterocycles. The number of nitrogens with one attached hydrogen (secondary N) is 2. The van der Waals surface area contributed by atoms with Gasteiger partial charge < -0.3 is 5.73 Å². The van der Waals surface area contributed by atoms with E-state index < -0.39 is 10.0 Å². The van der Waals surface area contributed by atoms with E-state index in [2.05, 4.69) is 14.9 Å². The SMILES string of the molecule is CCc1cc(NS(=O)(=O)c2c(N)cc(Cl)cc2Cl)n[nH]1. The van der Waals surface area contributed by atoms with Crippen molar-refractivity contribution in [1.29, 1.82) is 0 Å². The molecule has 4 N–H and O–H groups in total. The number of hydrogen-bond donors (Lipinski definition) is 3. The van der Waals surface area contributed by atoms with Crippen LogP contribution in [0, 0.1) is 0 Å². The fraction of sp³-hybridized carbons (Fsp3) is 0.182. The Bertz CT molecular complexity index is 720. The molecule has 0 aliphatic heterocycles. The first-order valence-corrected chi connectivity index (χ1v) is 7.89. The molecular formula is C11H12Cl2N4O2S. The number of hydrogen-bond acceptors (Lipinski definition) is 4. The lowest BCUT2D eigenvalue weighted by molar-refractivity contribution is 0.601. The normalized spacial score (nSPS) is 11.6. The van der Waals surface area contributed by atoms with Gasteiger partial charge in [-0.2, -0.15) is 5.10 Å². The van der Waals surface area contributed by atoms with Gasteiger partial charge in [0.25, 0.3) is 10.0 Å². The van der Waals surface area contributed by atoms with Crippen molar-refractivity contribution < 1.29 is 8.42 Å². The Hall–Kier alpha value is -1.44. The molecule has 0 aliphatic rings. The summed E-state index contributed by atoms with van der Waals surface area (Å²) in [6, 6.07) is 4.23. The molecule has 20 heavy (non-hydrogen) atoms. The summed E-state index contributed by atoms with van der Waals surface area (Å²) in [4.78, 5) is -0.218. The van der Waals surface area contributed by atoms with E-state index in [9.17, 15) is 8.42 Å². The molecule has 1 aromatic carbocycles. The van der Waals surface area contributed by atoms with Crippen molar-refractivity contribution in [2.45, 2.75) is 18.2 Å². The van der Waals surface area contributed by atoms with Gasteiger partial charge in [-0.25, -0.2) is 8.42 Å². The van der Waals surface area contributed by atoms with Crippen LogP contribution in [-0.2, 0) is 16.4 Å². The van der Waals surface area contributed by atoms with Gasteiger partial charge in [0.05, 0.1) is 10.7 Å². The number of halogens is 2. The molecule has 0 radical (unpaired) electrons. The van der Waals surface area contributed by atoms with Crippen LogP contribution < -0.4 is 10.5 Å². The molecule has 1 aromatic heterocycles. The van der Waals surface area contributed by atoms with E-state index in [1.54, 1.807) is 6.07 Å². The molecule has 0 spiro atoms. The molecule has 108 valence electrons. The third kappa shape index (κ3) is 3.00. The smallest absolute Gasteiger partial charge is 0.266 e. The van der Waals surface area contributed by atoms with Crippen LogP contribution in [0.5, 0.6) is 0 Å². The van der Waals surface area contributed by atoms with Crippen molar-refractivity contribution >= 4 is 44.7 Å². The lowest BCUT2D eigenvalue weighted by atomic mass is 10.3. The number of H-pyrrole nitrogens is 1. The maximum atomic E-state index is 12.3. The zero-order valence-electron chi connectivity index (χ0n) is 10.4. The van der Waals surface area contributed by atoms with Crippen LogP contribution >= 0.6 is 23.2 Å². The molecule has 0 saturated carbocycles. The van der Waals surface area contributed by atoms with Crippen molar-refractivity contribution in [3.05, 3.63) is 33.9 Å². The van der Waals surface area contributed by atoms with Gasteiger partial charge >= 0.3 is 0 Å². The van der Waals surface area contributed by atoms with E-state index in [0.29, 0.717) is 6.42 Å². The Kier molecular flexibility index (Phi) is 4.12. The minimum atomic E-state index is -3.93. The molecule has 1 heterocycles. The molecule has 2 aromatic rings. The highest BCUT2D eigenvalue weighted by atomic mass is 35.5. The average Bonchev–Trinajstić information content (AvgIpc) is 2.73. The van der Waals surface area contributed by atoms with E-state index in [0.717, 1.165) is 5.69 Å². The van der Waals surface area contributed by atoms with Crippen LogP contribution in [0.4, 0.5) is 11.5 Å². The Morgan fingerprint density at radius 1 is 1.35 bits per heavy atom. The van der Waals surface area contributed by atoms with Crippen LogP contribution in [-0.4, -0.2) is 18.6 Å². The Labute approximate surface area is 126 Å². The lowest BCUT2D eigenvalue weighted by Gasteiger charge is -2.10. The summed E-state index contributed by atoms with van der Waals surface area (Å²) in [5, 5.41) is 6.77. The molecule has 2 rings (SSSR count). The van der Waals surface area contributed by atoms with Crippen LogP contribution in [0.1, 0.15) is 12.6 Å². The predicted molar refractivity (Wildman–Crippen MR) is 79.6 cm³/mol. The average molecular weight is 335 g/mol. The number of benzene rings is 1.